The van der Waals surface area contributed by atoms with Gasteiger partial charge < -0.3 is 20.5 Å². The maximum absolute atomic E-state index is 10.3. The van der Waals surface area contributed by atoms with E-state index in [0.29, 0.717) is 23.4 Å². The standard InChI is InChI=1S/C21H29ClN4O2S/c1-2-23-21(25-14-18(27)19-7-8-20(22)29-19)24-13-16-3-5-17(6-4-16)15-26-9-11-28-12-10-26/h3-8,18,27H,2,9-15H2,1H3,(H2,23,24,25). The van der Waals surface area contributed by atoms with Gasteiger partial charge in [-0.25, -0.2) is 4.99 Å². The monoisotopic (exact) mass is 436 g/mol. The molecule has 0 amide bonds. The van der Waals surface area contributed by atoms with Gasteiger partial charge in [-0.1, -0.05) is 35.9 Å². The second kappa shape index (κ2) is 11.5. The highest BCUT2D eigenvalue weighted by Crippen LogP contribution is 2.26. The van der Waals surface area contributed by atoms with Crippen LogP contribution >= 0.6 is 22.9 Å². The third-order valence-corrected chi connectivity index (χ3v) is 6.01. The van der Waals surface area contributed by atoms with Crippen molar-refractivity contribution in [3.8, 4) is 0 Å². The van der Waals surface area contributed by atoms with E-state index < -0.39 is 6.10 Å². The Hall–Kier alpha value is -1.64. The molecule has 2 aromatic rings. The number of nitrogens with one attached hydrogen (secondary N) is 2. The van der Waals surface area contributed by atoms with E-state index in [9.17, 15) is 5.11 Å². The molecule has 0 radical (unpaired) electrons. The van der Waals surface area contributed by atoms with Crippen molar-refractivity contribution in [3.05, 3.63) is 56.7 Å². The van der Waals surface area contributed by atoms with Gasteiger partial charge in [0.1, 0.15) is 6.10 Å². The summed E-state index contributed by atoms with van der Waals surface area (Å²) in [6.07, 6.45) is -0.615. The quantitative estimate of drug-likeness (QED) is 0.438. The molecule has 0 bridgehead atoms. The third-order valence-electron chi connectivity index (χ3n) is 4.68. The van der Waals surface area contributed by atoms with Crippen molar-refractivity contribution in [2.24, 2.45) is 4.99 Å². The highest BCUT2D eigenvalue weighted by molar-refractivity contribution is 7.16. The van der Waals surface area contributed by atoms with Crippen LogP contribution in [0.2, 0.25) is 4.34 Å². The number of ether oxygens (including phenoxy) is 1. The second-order valence-electron chi connectivity index (χ2n) is 6.94. The molecule has 1 fully saturated rings. The first-order valence-corrected chi connectivity index (χ1v) is 11.2. The van der Waals surface area contributed by atoms with E-state index >= 15 is 0 Å². The minimum Gasteiger partial charge on any atom is -0.386 e. The maximum atomic E-state index is 10.3. The van der Waals surface area contributed by atoms with E-state index in [-0.39, 0.29) is 0 Å². The molecule has 1 saturated heterocycles. The molecule has 0 spiro atoms. The zero-order valence-electron chi connectivity index (χ0n) is 16.7. The molecule has 3 N–H and O–H groups in total. The van der Waals surface area contributed by atoms with Gasteiger partial charge in [-0.2, -0.15) is 0 Å². The molecule has 0 aliphatic carbocycles. The Labute approximate surface area is 181 Å². The van der Waals surface area contributed by atoms with Crippen LogP contribution in [0.5, 0.6) is 0 Å². The Bertz CT molecular complexity index is 775. The zero-order chi connectivity index (χ0) is 20.5. The summed E-state index contributed by atoms with van der Waals surface area (Å²) in [5.41, 5.74) is 2.46. The second-order valence-corrected chi connectivity index (χ2v) is 8.69. The number of aliphatic hydroxyl groups is 1. The van der Waals surface area contributed by atoms with E-state index in [2.05, 4.69) is 44.8 Å². The molecular formula is C21H29ClN4O2S. The van der Waals surface area contributed by atoms with Crippen LogP contribution in [-0.2, 0) is 17.8 Å². The lowest BCUT2D eigenvalue weighted by Crippen LogP contribution is -2.39. The number of halogens is 1. The molecule has 1 atom stereocenters. The van der Waals surface area contributed by atoms with E-state index in [1.165, 1.54) is 16.9 Å². The molecule has 158 valence electrons. The SMILES string of the molecule is CCNC(=NCc1ccc(CN2CCOCC2)cc1)NCC(O)c1ccc(Cl)s1. The number of thiophene rings is 1. The smallest absolute Gasteiger partial charge is 0.191 e. The van der Waals surface area contributed by atoms with Gasteiger partial charge >= 0.3 is 0 Å². The van der Waals surface area contributed by atoms with Crippen LogP contribution < -0.4 is 10.6 Å². The van der Waals surface area contributed by atoms with Crippen LogP contribution in [0.25, 0.3) is 0 Å². The van der Waals surface area contributed by atoms with Crippen molar-refractivity contribution >= 4 is 28.9 Å². The van der Waals surface area contributed by atoms with Crippen LogP contribution in [0.3, 0.4) is 0 Å². The number of aliphatic hydroxyl groups excluding tert-OH is 1. The molecule has 0 saturated carbocycles. The number of hydrogen-bond acceptors (Lipinski definition) is 5. The number of guanidine groups is 1. The fourth-order valence-corrected chi connectivity index (χ4v) is 4.13. The van der Waals surface area contributed by atoms with Crippen LogP contribution in [0.4, 0.5) is 0 Å². The summed E-state index contributed by atoms with van der Waals surface area (Å²) in [6.45, 7) is 8.32. The summed E-state index contributed by atoms with van der Waals surface area (Å²) >= 11 is 7.33. The molecule has 2 heterocycles. The minimum atomic E-state index is -0.615. The van der Waals surface area contributed by atoms with Gasteiger partial charge in [-0.05, 0) is 30.2 Å². The molecule has 1 aromatic carbocycles. The average molecular weight is 437 g/mol. The number of benzene rings is 1. The third kappa shape index (κ3) is 7.28. The van der Waals surface area contributed by atoms with E-state index in [1.54, 1.807) is 6.07 Å². The molecule has 8 heteroatoms. The number of morpholine rings is 1. The number of rotatable bonds is 8. The van der Waals surface area contributed by atoms with Crippen molar-refractivity contribution in [2.45, 2.75) is 26.1 Å². The van der Waals surface area contributed by atoms with E-state index in [1.807, 2.05) is 13.0 Å². The van der Waals surface area contributed by atoms with Gasteiger partial charge in [0.05, 0.1) is 24.1 Å². The summed E-state index contributed by atoms with van der Waals surface area (Å²) in [5, 5.41) is 16.7. The molecule has 3 rings (SSSR count). The van der Waals surface area contributed by atoms with Crippen LogP contribution in [0, 0.1) is 0 Å². The Morgan fingerprint density at radius 3 is 2.55 bits per heavy atom. The summed E-state index contributed by atoms with van der Waals surface area (Å²) in [6, 6.07) is 12.3. The summed E-state index contributed by atoms with van der Waals surface area (Å²) < 4.78 is 6.08. The van der Waals surface area contributed by atoms with Crippen molar-refractivity contribution in [3.63, 3.8) is 0 Å². The van der Waals surface area contributed by atoms with E-state index in [0.717, 1.165) is 49.8 Å². The highest BCUT2D eigenvalue weighted by Gasteiger charge is 2.12. The molecule has 1 aromatic heterocycles. The molecule has 29 heavy (non-hydrogen) atoms. The van der Waals surface area contributed by atoms with Crippen LogP contribution in [0.1, 0.15) is 29.0 Å². The van der Waals surface area contributed by atoms with Gasteiger partial charge in [0.15, 0.2) is 5.96 Å². The molecule has 6 nitrogen and oxygen atoms in total. The molecular weight excluding hydrogens is 408 g/mol. The first-order valence-electron chi connectivity index (χ1n) is 9.97. The average Bonchev–Trinajstić information content (AvgIpc) is 3.18. The molecule has 1 aliphatic rings. The fraction of sp³-hybridized carbons (Fsp3) is 0.476. The molecule has 1 unspecified atom stereocenters. The van der Waals surface area contributed by atoms with Crippen molar-refractivity contribution in [2.75, 3.05) is 39.4 Å². The maximum Gasteiger partial charge on any atom is 0.191 e. The number of aliphatic imine (C=N–C) groups is 1. The van der Waals surface area contributed by atoms with Gasteiger partial charge in [-0.15, -0.1) is 11.3 Å². The van der Waals surface area contributed by atoms with Crippen LogP contribution in [-0.4, -0.2) is 55.4 Å². The number of nitrogens with zero attached hydrogens (tertiary/aromatic N) is 2. The normalized spacial score (nSPS) is 16.6. The van der Waals surface area contributed by atoms with Crippen molar-refractivity contribution < 1.29 is 9.84 Å². The largest absolute Gasteiger partial charge is 0.386 e. The number of hydrogen-bond donors (Lipinski definition) is 3. The van der Waals surface area contributed by atoms with Crippen molar-refractivity contribution in [1.82, 2.24) is 15.5 Å². The lowest BCUT2D eigenvalue weighted by atomic mass is 10.1. The van der Waals surface area contributed by atoms with Crippen LogP contribution in [0.15, 0.2) is 41.4 Å². The Morgan fingerprint density at radius 1 is 1.17 bits per heavy atom. The van der Waals surface area contributed by atoms with Crippen molar-refractivity contribution in [1.29, 1.82) is 0 Å². The summed E-state index contributed by atoms with van der Waals surface area (Å²) in [4.78, 5) is 7.89. The Balaban J connectivity index is 1.50. The van der Waals surface area contributed by atoms with Gasteiger partial charge in [0.25, 0.3) is 0 Å². The molecule has 1 aliphatic heterocycles. The van der Waals surface area contributed by atoms with E-state index in [4.69, 9.17) is 16.3 Å². The lowest BCUT2D eigenvalue weighted by Gasteiger charge is -2.26. The summed E-state index contributed by atoms with van der Waals surface area (Å²) in [5.74, 6) is 0.687. The summed E-state index contributed by atoms with van der Waals surface area (Å²) in [7, 11) is 0. The fourth-order valence-electron chi connectivity index (χ4n) is 3.08. The topological polar surface area (TPSA) is 69.1 Å². The first-order chi connectivity index (χ1) is 14.1. The first kappa shape index (κ1) is 22.1. The highest BCUT2D eigenvalue weighted by atomic mass is 35.5. The van der Waals surface area contributed by atoms with Gasteiger partial charge in [0, 0.05) is 37.6 Å². The van der Waals surface area contributed by atoms with Gasteiger partial charge in [0.2, 0.25) is 0 Å². The minimum absolute atomic E-state index is 0.376. The van der Waals surface area contributed by atoms with Gasteiger partial charge in [-0.3, -0.25) is 4.90 Å². The Kier molecular flexibility index (Phi) is 8.76. The Morgan fingerprint density at radius 2 is 1.90 bits per heavy atom. The zero-order valence-corrected chi connectivity index (χ0v) is 18.3. The lowest BCUT2D eigenvalue weighted by molar-refractivity contribution is 0.0342. The predicted octanol–water partition coefficient (Wildman–Crippen LogP) is 3.02. The predicted molar refractivity (Wildman–Crippen MR) is 120 cm³/mol.